The molecule has 0 saturated heterocycles. The Balaban J connectivity index is 3.94. The standard InChI is InChI=1S/C37H72NO10P/c1-3-5-7-9-11-13-15-16-17-19-20-22-24-26-28-35(40)38-34(37(42)43)32-48-49(44,45)47-31-33(39)30-46-36(41)29-27-25-23-21-18-14-12-10-8-6-4-2/h33-34,39H,3-32H2,1-2H3,(H,38,40)(H,42,43)(H,44,45). The molecule has 3 unspecified atom stereocenters. The maximum Gasteiger partial charge on any atom is 0.472 e. The van der Waals surface area contributed by atoms with Gasteiger partial charge in [-0.25, -0.2) is 9.36 Å². The Morgan fingerprint density at radius 2 is 0.939 bits per heavy atom. The zero-order valence-electron chi connectivity index (χ0n) is 31.0. The van der Waals surface area contributed by atoms with Crippen molar-refractivity contribution < 1.29 is 47.8 Å². The predicted octanol–water partition coefficient (Wildman–Crippen LogP) is 9.17. The first kappa shape index (κ1) is 47.5. The van der Waals surface area contributed by atoms with Gasteiger partial charge in [0, 0.05) is 12.8 Å². The van der Waals surface area contributed by atoms with Crippen LogP contribution < -0.4 is 5.32 Å². The van der Waals surface area contributed by atoms with E-state index in [1.54, 1.807) is 0 Å². The molecule has 0 fully saturated rings. The van der Waals surface area contributed by atoms with Gasteiger partial charge in [-0.15, -0.1) is 0 Å². The highest BCUT2D eigenvalue weighted by Gasteiger charge is 2.28. The number of phosphoric acid groups is 1. The molecule has 290 valence electrons. The van der Waals surface area contributed by atoms with Gasteiger partial charge >= 0.3 is 19.8 Å². The van der Waals surface area contributed by atoms with Crippen LogP contribution in [0.3, 0.4) is 0 Å². The molecule has 11 nitrogen and oxygen atoms in total. The molecule has 0 aromatic carbocycles. The van der Waals surface area contributed by atoms with E-state index in [0.29, 0.717) is 12.8 Å². The molecule has 49 heavy (non-hydrogen) atoms. The predicted molar refractivity (Wildman–Crippen MR) is 194 cm³/mol. The fourth-order valence-corrected chi connectivity index (χ4v) is 6.32. The lowest BCUT2D eigenvalue weighted by molar-refractivity contribution is -0.147. The second kappa shape index (κ2) is 33.6. The number of ether oxygens (including phenoxy) is 1. The molecule has 0 heterocycles. The molecule has 3 atom stereocenters. The number of aliphatic hydroxyl groups excluding tert-OH is 1. The summed E-state index contributed by atoms with van der Waals surface area (Å²) in [5, 5.41) is 21.7. The Morgan fingerprint density at radius 1 is 0.571 bits per heavy atom. The lowest BCUT2D eigenvalue weighted by Crippen LogP contribution is -2.43. The van der Waals surface area contributed by atoms with E-state index < -0.39 is 57.6 Å². The van der Waals surface area contributed by atoms with Crippen molar-refractivity contribution in [2.24, 2.45) is 0 Å². The molecule has 0 aliphatic rings. The summed E-state index contributed by atoms with van der Waals surface area (Å²) >= 11 is 0. The SMILES string of the molecule is CCCCCCCCCCCCCCCCC(=O)NC(COP(=O)(O)OCC(O)COC(=O)CCCCCCCCCCCCC)C(=O)O. The van der Waals surface area contributed by atoms with Gasteiger partial charge < -0.3 is 25.2 Å². The number of carbonyl (C=O) groups excluding carboxylic acids is 2. The van der Waals surface area contributed by atoms with E-state index in [0.717, 1.165) is 38.5 Å². The van der Waals surface area contributed by atoms with Crippen molar-refractivity contribution in [3.05, 3.63) is 0 Å². The summed E-state index contributed by atoms with van der Waals surface area (Å²) < 4.78 is 26.7. The van der Waals surface area contributed by atoms with Crippen LogP contribution in [0.2, 0.25) is 0 Å². The van der Waals surface area contributed by atoms with Crippen molar-refractivity contribution in [3.8, 4) is 0 Å². The van der Waals surface area contributed by atoms with Crippen molar-refractivity contribution >= 4 is 25.7 Å². The molecular weight excluding hydrogens is 649 g/mol. The van der Waals surface area contributed by atoms with Crippen LogP contribution in [0.1, 0.15) is 187 Å². The number of phosphoric ester groups is 1. The van der Waals surface area contributed by atoms with E-state index in [1.165, 1.54) is 109 Å². The molecule has 0 radical (unpaired) electrons. The third kappa shape index (κ3) is 33.4. The van der Waals surface area contributed by atoms with Crippen LogP contribution in [-0.4, -0.2) is 64.9 Å². The van der Waals surface area contributed by atoms with Crippen molar-refractivity contribution in [2.45, 2.75) is 199 Å². The quantitative estimate of drug-likeness (QED) is 0.0276. The van der Waals surface area contributed by atoms with Gasteiger partial charge in [0.1, 0.15) is 12.7 Å². The summed E-state index contributed by atoms with van der Waals surface area (Å²) in [6.07, 6.45) is 28.4. The van der Waals surface area contributed by atoms with E-state index in [4.69, 9.17) is 13.8 Å². The first-order chi connectivity index (χ1) is 23.6. The number of carboxylic acid groups (broad SMARTS) is 1. The minimum atomic E-state index is -4.74. The maximum atomic E-state index is 12.2. The number of nitrogens with one attached hydrogen (secondary N) is 1. The Hall–Kier alpha value is -1.52. The Morgan fingerprint density at radius 3 is 1.35 bits per heavy atom. The van der Waals surface area contributed by atoms with Crippen LogP contribution in [0.15, 0.2) is 0 Å². The number of amides is 1. The Kier molecular flexibility index (Phi) is 32.6. The molecule has 12 heteroatoms. The Bertz CT molecular complexity index is 859. The first-order valence-electron chi connectivity index (χ1n) is 19.6. The average molecular weight is 722 g/mol. The molecular formula is C37H72NO10P. The van der Waals surface area contributed by atoms with E-state index in [9.17, 15) is 34.1 Å². The van der Waals surface area contributed by atoms with Gasteiger partial charge in [0.15, 0.2) is 6.04 Å². The molecule has 0 aliphatic heterocycles. The van der Waals surface area contributed by atoms with Crippen molar-refractivity contribution in [1.82, 2.24) is 5.32 Å². The van der Waals surface area contributed by atoms with Crippen molar-refractivity contribution in [2.75, 3.05) is 19.8 Å². The number of hydrogen-bond acceptors (Lipinski definition) is 8. The van der Waals surface area contributed by atoms with Crippen LogP contribution in [-0.2, 0) is 32.7 Å². The number of carbonyl (C=O) groups is 3. The maximum absolute atomic E-state index is 12.2. The first-order valence-corrected chi connectivity index (χ1v) is 21.1. The molecule has 0 bridgehead atoms. The Labute approximate surface area is 297 Å². The lowest BCUT2D eigenvalue weighted by atomic mass is 10.0. The summed E-state index contributed by atoms with van der Waals surface area (Å²) in [6, 6.07) is -1.54. The second-order valence-electron chi connectivity index (χ2n) is 13.5. The third-order valence-corrected chi connectivity index (χ3v) is 9.60. The molecule has 1 amide bonds. The van der Waals surface area contributed by atoms with Crippen LogP contribution in [0, 0.1) is 0 Å². The average Bonchev–Trinajstić information content (AvgIpc) is 3.07. The van der Waals surface area contributed by atoms with Gasteiger partial charge in [-0.05, 0) is 12.8 Å². The topological polar surface area (TPSA) is 169 Å². The number of carboxylic acids is 1. The number of aliphatic hydroxyl groups is 1. The van der Waals surface area contributed by atoms with Gasteiger partial charge in [-0.2, -0.15) is 0 Å². The monoisotopic (exact) mass is 721 g/mol. The summed E-state index contributed by atoms with van der Waals surface area (Å²) in [6.45, 7) is 2.58. The summed E-state index contributed by atoms with van der Waals surface area (Å²) in [5.41, 5.74) is 0. The highest BCUT2D eigenvalue weighted by molar-refractivity contribution is 7.47. The molecule has 4 N–H and O–H groups in total. The number of rotatable bonds is 37. The minimum Gasteiger partial charge on any atom is -0.480 e. The summed E-state index contributed by atoms with van der Waals surface area (Å²) in [4.78, 5) is 45.7. The fraction of sp³-hybridized carbons (Fsp3) is 0.919. The number of esters is 1. The molecule has 0 spiro atoms. The fourth-order valence-electron chi connectivity index (χ4n) is 5.55. The largest absolute Gasteiger partial charge is 0.480 e. The normalized spacial score (nSPS) is 13.9. The molecule has 0 aliphatic carbocycles. The van der Waals surface area contributed by atoms with E-state index in [-0.39, 0.29) is 12.8 Å². The molecule has 0 aromatic heterocycles. The van der Waals surface area contributed by atoms with Gasteiger partial charge in [-0.1, -0.05) is 162 Å². The van der Waals surface area contributed by atoms with Gasteiger partial charge in [0.2, 0.25) is 5.91 Å². The highest BCUT2D eigenvalue weighted by Crippen LogP contribution is 2.43. The third-order valence-electron chi connectivity index (χ3n) is 8.65. The highest BCUT2D eigenvalue weighted by atomic mass is 31.2. The summed E-state index contributed by atoms with van der Waals surface area (Å²) in [7, 11) is -4.74. The number of hydrogen-bond donors (Lipinski definition) is 4. The minimum absolute atomic E-state index is 0.152. The smallest absolute Gasteiger partial charge is 0.472 e. The van der Waals surface area contributed by atoms with E-state index in [1.807, 2.05) is 0 Å². The van der Waals surface area contributed by atoms with Gasteiger partial charge in [-0.3, -0.25) is 18.6 Å². The summed E-state index contributed by atoms with van der Waals surface area (Å²) in [5.74, 6) is -2.36. The van der Waals surface area contributed by atoms with Gasteiger partial charge in [0.05, 0.1) is 13.2 Å². The number of aliphatic carboxylic acids is 1. The zero-order valence-corrected chi connectivity index (χ0v) is 31.9. The van der Waals surface area contributed by atoms with Crippen LogP contribution in [0.25, 0.3) is 0 Å². The molecule has 0 aromatic rings. The molecule has 0 rings (SSSR count). The van der Waals surface area contributed by atoms with Crippen molar-refractivity contribution in [3.63, 3.8) is 0 Å². The van der Waals surface area contributed by atoms with Crippen LogP contribution in [0.5, 0.6) is 0 Å². The van der Waals surface area contributed by atoms with E-state index >= 15 is 0 Å². The molecule has 0 saturated carbocycles. The van der Waals surface area contributed by atoms with Crippen LogP contribution in [0.4, 0.5) is 0 Å². The lowest BCUT2D eigenvalue weighted by Gasteiger charge is -2.18. The van der Waals surface area contributed by atoms with Gasteiger partial charge in [0.25, 0.3) is 0 Å². The van der Waals surface area contributed by atoms with Crippen molar-refractivity contribution in [1.29, 1.82) is 0 Å². The van der Waals surface area contributed by atoms with Crippen LogP contribution >= 0.6 is 7.82 Å². The number of unbranched alkanes of at least 4 members (excludes halogenated alkanes) is 23. The van der Waals surface area contributed by atoms with E-state index in [2.05, 4.69) is 19.2 Å². The second-order valence-corrected chi connectivity index (χ2v) is 14.9. The zero-order chi connectivity index (χ0) is 36.4.